The van der Waals surface area contributed by atoms with Crippen molar-refractivity contribution >= 4 is 27.9 Å². The molecule has 0 saturated heterocycles. The molecule has 6 heteroatoms. The Hall–Kier alpha value is -1.43. The van der Waals surface area contributed by atoms with Gasteiger partial charge in [0.2, 0.25) is 0 Å². The minimum atomic E-state index is -0.503. The fraction of sp³-hybridized carbons (Fsp3) is 0.643. The molecule has 112 valence electrons. The van der Waals surface area contributed by atoms with E-state index in [2.05, 4.69) is 5.32 Å². The SMILES string of the molecule is COc1c(NC2CCCCCCC2)sc(C(N)=O)c1N. The largest absolute Gasteiger partial charge is 0.492 e. The molecule has 0 aliphatic heterocycles. The van der Waals surface area contributed by atoms with Crippen LogP contribution in [0.1, 0.15) is 54.6 Å². The first-order valence-electron chi connectivity index (χ1n) is 7.16. The molecule has 1 aromatic rings. The lowest BCUT2D eigenvalue weighted by Crippen LogP contribution is -2.20. The normalized spacial score (nSPS) is 17.2. The topological polar surface area (TPSA) is 90.4 Å². The number of thiophene rings is 1. The zero-order chi connectivity index (χ0) is 14.5. The molecule has 2 rings (SSSR count). The smallest absolute Gasteiger partial charge is 0.261 e. The first-order valence-corrected chi connectivity index (χ1v) is 7.97. The number of primary amides is 1. The van der Waals surface area contributed by atoms with Crippen molar-refractivity contribution in [3.63, 3.8) is 0 Å². The van der Waals surface area contributed by atoms with Crippen LogP contribution in [0, 0.1) is 0 Å². The Morgan fingerprint density at radius 1 is 1.25 bits per heavy atom. The van der Waals surface area contributed by atoms with E-state index in [1.165, 1.54) is 43.4 Å². The highest BCUT2D eigenvalue weighted by atomic mass is 32.1. The van der Waals surface area contributed by atoms with E-state index in [0.29, 0.717) is 22.4 Å². The molecular weight excluding hydrogens is 274 g/mol. The van der Waals surface area contributed by atoms with Gasteiger partial charge in [0.15, 0.2) is 5.75 Å². The maximum absolute atomic E-state index is 11.4. The van der Waals surface area contributed by atoms with Crippen molar-refractivity contribution in [3.05, 3.63) is 4.88 Å². The number of carbonyl (C=O) groups excluding carboxylic acids is 1. The number of carbonyl (C=O) groups is 1. The van der Waals surface area contributed by atoms with Gasteiger partial charge in [-0.05, 0) is 12.8 Å². The second-order valence-electron chi connectivity index (χ2n) is 5.26. The van der Waals surface area contributed by atoms with Gasteiger partial charge in [0, 0.05) is 6.04 Å². The maximum Gasteiger partial charge on any atom is 0.261 e. The number of hydrogen-bond acceptors (Lipinski definition) is 5. The van der Waals surface area contributed by atoms with Crippen LogP contribution in [-0.2, 0) is 0 Å². The Morgan fingerprint density at radius 3 is 2.40 bits per heavy atom. The fourth-order valence-corrected chi connectivity index (χ4v) is 3.71. The summed E-state index contributed by atoms with van der Waals surface area (Å²) in [6, 6.07) is 0.419. The van der Waals surface area contributed by atoms with Crippen LogP contribution in [0.2, 0.25) is 0 Å². The van der Waals surface area contributed by atoms with Crippen LogP contribution in [0.25, 0.3) is 0 Å². The molecule has 1 aliphatic carbocycles. The van der Waals surface area contributed by atoms with Crippen LogP contribution in [-0.4, -0.2) is 19.1 Å². The second kappa shape index (κ2) is 6.83. The van der Waals surface area contributed by atoms with Crippen molar-refractivity contribution in [2.45, 2.75) is 51.0 Å². The van der Waals surface area contributed by atoms with Gasteiger partial charge in [-0.1, -0.05) is 32.1 Å². The zero-order valence-corrected chi connectivity index (χ0v) is 12.7. The van der Waals surface area contributed by atoms with Crippen LogP contribution < -0.4 is 21.5 Å². The van der Waals surface area contributed by atoms with Crippen LogP contribution in [0.3, 0.4) is 0 Å². The van der Waals surface area contributed by atoms with E-state index in [1.807, 2.05) is 0 Å². The van der Waals surface area contributed by atoms with Crippen molar-refractivity contribution in [3.8, 4) is 5.75 Å². The van der Waals surface area contributed by atoms with Gasteiger partial charge in [-0.25, -0.2) is 0 Å². The first-order chi connectivity index (χ1) is 9.63. The molecule has 1 aliphatic rings. The summed E-state index contributed by atoms with van der Waals surface area (Å²) in [7, 11) is 1.56. The number of nitrogens with one attached hydrogen (secondary N) is 1. The van der Waals surface area contributed by atoms with E-state index in [-0.39, 0.29) is 0 Å². The third-order valence-corrected chi connectivity index (χ3v) is 4.90. The Morgan fingerprint density at radius 2 is 1.85 bits per heavy atom. The van der Waals surface area contributed by atoms with Gasteiger partial charge in [0.1, 0.15) is 15.6 Å². The maximum atomic E-state index is 11.4. The van der Waals surface area contributed by atoms with Gasteiger partial charge in [-0.2, -0.15) is 0 Å². The van der Waals surface area contributed by atoms with E-state index >= 15 is 0 Å². The highest BCUT2D eigenvalue weighted by Gasteiger charge is 2.22. The Labute approximate surface area is 123 Å². The molecular formula is C14H23N3O2S. The number of hydrogen-bond donors (Lipinski definition) is 3. The summed E-state index contributed by atoms with van der Waals surface area (Å²) in [4.78, 5) is 11.7. The number of nitrogen functional groups attached to an aromatic ring is 1. The van der Waals surface area contributed by atoms with Crippen LogP contribution in [0.4, 0.5) is 10.7 Å². The molecule has 0 aromatic carbocycles. The number of anilines is 2. The number of methoxy groups -OCH3 is 1. The summed E-state index contributed by atoms with van der Waals surface area (Å²) in [5.74, 6) is 0.0439. The Kier molecular flexibility index (Phi) is 5.11. The van der Waals surface area contributed by atoms with Crippen molar-refractivity contribution < 1.29 is 9.53 Å². The van der Waals surface area contributed by atoms with Gasteiger partial charge in [0.25, 0.3) is 5.91 Å². The molecule has 1 saturated carbocycles. The Bertz CT molecular complexity index is 465. The molecule has 0 spiro atoms. The molecule has 1 aromatic heterocycles. The quantitative estimate of drug-likeness (QED) is 0.797. The fourth-order valence-electron chi connectivity index (χ4n) is 2.70. The van der Waals surface area contributed by atoms with E-state index in [9.17, 15) is 4.79 Å². The summed E-state index contributed by atoms with van der Waals surface area (Å²) < 4.78 is 5.32. The molecule has 1 fully saturated rings. The highest BCUT2D eigenvalue weighted by Crippen LogP contribution is 2.43. The lowest BCUT2D eigenvalue weighted by Gasteiger charge is -2.21. The van der Waals surface area contributed by atoms with Gasteiger partial charge in [-0.15, -0.1) is 11.3 Å². The van der Waals surface area contributed by atoms with E-state index in [4.69, 9.17) is 16.2 Å². The van der Waals surface area contributed by atoms with Crippen LogP contribution in [0.5, 0.6) is 5.75 Å². The van der Waals surface area contributed by atoms with E-state index in [0.717, 1.165) is 17.8 Å². The van der Waals surface area contributed by atoms with Crippen molar-refractivity contribution in [1.29, 1.82) is 0 Å². The summed E-state index contributed by atoms with van der Waals surface area (Å²) in [6.45, 7) is 0. The van der Waals surface area contributed by atoms with Crippen LogP contribution in [0.15, 0.2) is 0 Å². The first kappa shape index (κ1) is 15.0. The zero-order valence-electron chi connectivity index (χ0n) is 11.9. The predicted octanol–water partition coefficient (Wildman–Crippen LogP) is 2.96. The van der Waals surface area contributed by atoms with Crippen molar-refractivity contribution in [2.75, 3.05) is 18.2 Å². The monoisotopic (exact) mass is 297 g/mol. The molecule has 0 bridgehead atoms. The Balaban J connectivity index is 2.14. The minimum absolute atomic E-state index is 0.346. The standard InChI is InChI=1S/C14H23N3O2S/c1-19-11-10(15)12(13(16)18)20-14(11)17-9-7-5-3-2-4-6-8-9/h9,17H,2-8,15H2,1H3,(H2,16,18). The molecule has 0 radical (unpaired) electrons. The second-order valence-corrected chi connectivity index (χ2v) is 6.28. The van der Waals surface area contributed by atoms with Crippen LogP contribution >= 0.6 is 11.3 Å². The third-order valence-electron chi connectivity index (χ3n) is 3.77. The summed E-state index contributed by atoms with van der Waals surface area (Å²) in [5, 5.41) is 4.31. The minimum Gasteiger partial charge on any atom is -0.492 e. The molecule has 5 nitrogen and oxygen atoms in total. The lowest BCUT2D eigenvalue weighted by atomic mass is 9.97. The average Bonchev–Trinajstić information content (AvgIpc) is 2.69. The highest BCUT2D eigenvalue weighted by molar-refractivity contribution is 7.19. The number of nitrogens with two attached hydrogens (primary N) is 2. The van der Waals surface area contributed by atoms with E-state index in [1.54, 1.807) is 7.11 Å². The predicted molar refractivity (Wildman–Crippen MR) is 83.5 cm³/mol. The molecule has 20 heavy (non-hydrogen) atoms. The molecule has 0 atom stereocenters. The molecule has 1 amide bonds. The summed E-state index contributed by atoms with van der Waals surface area (Å²) in [5.41, 5.74) is 11.6. The van der Waals surface area contributed by atoms with Gasteiger partial charge >= 0.3 is 0 Å². The third kappa shape index (κ3) is 3.36. The molecule has 5 N–H and O–H groups in total. The van der Waals surface area contributed by atoms with E-state index < -0.39 is 5.91 Å². The molecule has 1 heterocycles. The summed E-state index contributed by atoms with van der Waals surface area (Å²) in [6.07, 6.45) is 8.71. The number of rotatable bonds is 4. The van der Waals surface area contributed by atoms with Gasteiger partial charge in [-0.3, -0.25) is 4.79 Å². The van der Waals surface area contributed by atoms with Crippen molar-refractivity contribution in [2.24, 2.45) is 5.73 Å². The van der Waals surface area contributed by atoms with Gasteiger partial charge < -0.3 is 21.5 Å². The lowest BCUT2D eigenvalue weighted by molar-refractivity contribution is 0.100. The summed E-state index contributed by atoms with van der Waals surface area (Å²) >= 11 is 1.29. The van der Waals surface area contributed by atoms with Crippen molar-refractivity contribution in [1.82, 2.24) is 0 Å². The average molecular weight is 297 g/mol. The number of ether oxygens (including phenoxy) is 1. The van der Waals surface area contributed by atoms with Gasteiger partial charge in [0.05, 0.1) is 7.11 Å². The molecule has 0 unspecified atom stereocenters. The number of amides is 1.